The Kier molecular flexibility index (Phi) is 68.5. The van der Waals surface area contributed by atoms with Gasteiger partial charge in [0.2, 0.25) is 0 Å². The van der Waals surface area contributed by atoms with E-state index in [1.54, 1.807) is 0 Å². The van der Waals surface area contributed by atoms with Gasteiger partial charge in [-0.15, -0.1) is 0 Å². The van der Waals surface area contributed by atoms with Crippen LogP contribution in [-0.4, -0.2) is 37.2 Å². The van der Waals surface area contributed by atoms with Crippen LogP contribution in [0.2, 0.25) is 0 Å². The van der Waals surface area contributed by atoms with E-state index in [1.807, 2.05) is 0 Å². The van der Waals surface area contributed by atoms with E-state index in [2.05, 4.69) is 45.1 Å². The maximum Gasteiger partial charge on any atom is 0.306 e. The highest BCUT2D eigenvalue weighted by Gasteiger charge is 2.20. The van der Waals surface area contributed by atoms with Crippen LogP contribution in [0.4, 0.5) is 0 Å². The lowest BCUT2D eigenvalue weighted by molar-refractivity contribution is -0.167. The normalized spacial score (nSPS) is 12.1. The van der Waals surface area contributed by atoms with Crippen molar-refractivity contribution in [2.45, 2.75) is 425 Å². The van der Waals surface area contributed by atoms with Gasteiger partial charge in [0.1, 0.15) is 13.2 Å². The number of rotatable bonds is 69. The molecule has 0 heterocycles. The molecule has 81 heavy (non-hydrogen) atoms. The Hall–Kier alpha value is -2.11. The number of hydrogen-bond donors (Lipinski definition) is 0. The first kappa shape index (κ1) is 78.9. The lowest BCUT2D eigenvalue weighted by atomic mass is 10.0. The average Bonchev–Trinajstić information content (AvgIpc) is 3.46. The molecule has 0 saturated carbocycles. The fraction of sp³-hybridized carbons (Fsp3) is 0.907. The van der Waals surface area contributed by atoms with Gasteiger partial charge in [0, 0.05) is 19.3 Å². The molecule has 6 heteroatoms. The minimum atomic E-state index is -0.774. The van der Waals surface area contributed by atoms with Crippen LogP contribution < -0.4 is 0 Å². The molecule has 1 unspecified atom stereocenters. The monoisotopic (exact) mass is 1140 g/mol. The maximum atomic E-state index is 12.9. The highest BCUT2D eigenvalue weighted by atomic mass is 16.6. The van der Waals surface area contributed by atoms with Crippen LogP contribution in [0.15, 0.2) is 24.3 Å². The molecule has 0 aromatic rings. The SMILES string of the molecule is CCC/C=C\C/C=C\CCCCCCCC(=O)OCC(COC(=O)CCCCCCCCCCCCCCCCCCCCCCCCCCCCCCCCCCC)OC(=O)CCCCCCCCCCCCCCCCCCC. The van der Waals surface area contributed by atoms with Crippen molar-refractivity contribution in [2.24, 2.45) is 0 Å². The van der Waals surface area contributed by atoms with E-state index >= 15 is 0 Å². The number of carbonyl (C=O) groups excluding carboxylic acids is 3. The molecule has 0 fully saturated rings. The number of allylic oxidation sites excluding steroid dienone is 4. The number of esters is 3. The van der Waals surface area contributed by atoms with Crippen LogP contribution in [0.3, 0.4) is 0 Å². The Morgan fingerprint density at radius 3 is 0.728 bits per heavy atom. The van der Waals surface area contributed by atoms with Crippen LogP contribution in [0.5, 0.6) is 0 Å². The predicted octanol–water partition coefficient (Wildman–Crippen LogP) is 25.3. The highest BCUT2D eigenvalue weighted by molar-refractivity contribution is 5.71. The smallest absolute Gasteiger partial charge is 0.306 e. The molecular formula is C75H142O6. The second-order valence-electron chi connectivity index (χ2n) is 25.2. The first-order valence-corrected chi connectivity index (χ1v) is 36.8. The Balaban J connectivity index is 4.07. The summed E-state index contributed by atoms with van der Waals surface area (Å²) >= 11 is 0. The minimum absolute atomic E-state index is 0.0694. The van der Waals surface area contributed by atoms with E-state index in [0.29, 0.717) is 19.3 Å². The molecular weight excluding hydrogens is 997 g/mol. The summed E-state index contributed by atoms with van der Waals surface area (Å²) in [5.74, 6) is -0.853. The lowest BCUT2D eigenvalue weighted by Gasteiger charge is -2.18. The zero-order valence-electron chi connectivity index (χ0n) is 55.1. The molecule has 0 radical (unpaired) electrons. The van der Waals surface area contributed by atoms with Gasteiger partial charge in [-0.05, 0) is 44.9 Å². The van der Waals surface area contributed by atoms with Gasteiger partial charge in [-0.2, -0.15) is 0 Å². The van der Waals surface area contributed by atoms with Crippen molar-refractivity contribution in [3.05, 3.63) is 24.3 Å². The van der Waals surface area contributed by atoms with Crippen molar-refractivity contribution in [1.82, 2.24) is 0 Å². The van der Waals surface area contributed by atoms with Crippen LogP contribution in [0, 0.1) is 0 Å². The molecule has 0 amide bonds. The van der Waals surface area contributed by atoms with Gasteiger partial charge in [0.25, 0.3) is 0 Å². The molecule has 0 aliphatic rings. The third-order valence-electron chi connectivity index (χ3n) is 16.9. The molecule has 0 aromatic carbocycles. The molecule has 0 rings (SSSR count). The summed E-state index contributed by atoms with van der Waals surface area (Å²) in [4.78, 5) is 38.4. The quantitative estimate of drug-likeness (QED) is 0.0261. The Labute approximate surface area is 506 Å². The summed E-state index contributed by atoms with van der Waals surface area (Å²) in [6.45, 7) is 6.65. The van der Waals surface area contributed by atoms with Crippen LogP contribution in [0.25, 0.3) is 0 Å². The summed E-state index contributed by atoms with van der Waals surface area (Å²) in [5.41, 5.74) is 0. The maximum absolute atomic E-state index is 12.9. The zero-order valence-corrected chi connectivity index (χ0v) is 55.1. The van der Waals surface area contributed by atoms with E-state index in [4.69, 9.17) is 14.2 Å². The topological polar surface area (TPSA) is 78.9 Å². The molecule has 0 aliphatic heterocycles. The second-order valence-corrected chi connectivity index (χ2v) is 25.2. The first-order valence-electron chi connectivity index (χ1n) is 36.8. The largest absolute Gasteiger partial charge is 0.462 e. The van der Waals surface area contributed by atoms with Gasteiger partial charge < -0.3 is 14.2 Å². The van der Waals surface area contributed by atoms with Crippen molar-refractivity contribution >= 4 is 17.9 Å². The van der Waals surface area contributed by atoms with Crippen molar-refractivity contribution in [1.29, 1.82) is 0 Å². The summed E-state index contributed by atoms with van der Waals surface area (Å²) in [6.07, 6.45) is 86.7. The third-order valence-corrected chi connectivity index (χ3v) is 16.9. The van der Waals surface area contributed by atoms with Gasteiger partial charge in [-0.3, -0.25) is 14.4 Å². The fourth-order valence-corrected chi connectivity index (χ4v) is 11.4. The summed E-state index contributed by atoms with van der Waals surface area (Å²) in [5, 5.41) is 0. The Morgan fingerprint density at radius 1 is 0.247 bits per heavy atom. The highest BCUT2D eigenvalue weighted by Crippen LogP contribution is 2.19. The molecule has 1 atom stereocenters. The number of unbranched alkanes of at least 4 members (excludes halogenated alkanes) is 54. The summed E-state index contributed by atoms with van der Waals surface area (Å²) in [7, 11) is 0. The molecule has 0 N–H and O–H groups in total. The number of ether oxygens (including phenoxy) is 3. The molecule has 0 spiro atoms. The third kappa shape index (κ3) is 68.6. The molecule has 0 saturated heterocycles. The van der Waals surface area contributed by atoms with Gasteiger partial charge >= 0.3 is 17.9 Å². The van der Waals surface area contributed by atoms with Crippen LogP contribution in [-0.2, 0) is 28.6 Å². The number of hydrogen-bond acceptors (Lipinski definition) is 6. The van der Waals surface area contributed by atoms with Gasteiger partial charge in [0.15, 0.2) is 6.10 Å². The average molecular weight is 1140 g/mol. The van der Waals surface area contributed by atoms with Crippen molar-refractivity contribution in [2.75, 3.05) is 13.2 Å². The van der Waals surface area contributed by atoms with E-state index in [1.165, 1.54) is 295 Å². The molecule has 0 aliphatic carbocycles. The molecule has 0 aromatic heterocycles. The van der Waals surface area contributed by atoms with Crippen molar-refractivity contribution < 1.29 is 28.6 Å². The van der Waals surface area contributed by atoms with Gasteiger partial charge in [-0.25, -0.2) is 0 Å². The van der Waals surface area contributed by atoms with Crippen molar-refractivity contribution in [3.8, 4) is 0 Å². The Bertz CT molecular complexity index is 1310. The zero-order chi connectivity index (χ0) is 58.5. The fourth-order valence-electron chi connectivity index (χ4n) is 11.4. The van der Waals surface area contributed by atoms with Gasteiger partial charge in [0.05, 0.1) is 0 Å². The number of carbonyl (C=O) groups is 3. The van der Waals surface area contributed by atoms with Crippen LogP contribution in [0.1, 0.15) is 419 Å². The molecule has 478 valence electrons. The first-order chi connectivity index (χ1) is 40.0. The summed E-state index contributed by atoms with van der Waals surface area (Å²) < 4.78 is 17.0. The standard InChI is InChI=1S/C75H142O6/c1-4-7-10-13-16-19-22-25-27-29-30-31-32-33-34-35-36-37-38-39-40-41-42-43-44-46-47-50-53-56-59-62-65-68-74(77)80-71-72(70-79-73(76)67-64-61-58-55-52-49-24-21-18-15-12-9-6-3)81-75(78)69-66-63-60-57-54-51-48-45-28-26-23-20-17-14-11-8-5-2/h12,15,21,24,72H,4-11,13-14,16-20,22-23,25-71H2,1-3H3/b15-12-,24-21-. The molecule has 6 nitrogen and oxygen atoms in total. The predicted molar refractivity (Wildman–Crippen MR) is 353 cm³/mol. The van der Waals surface area contributed by atoms with Gasteiger partial charge in [-0.1, -0.05) is 379 Å². The minimum Gasteiger partial charge on any atom is -0.462 e. The van der Waals surface area contributed by atoms with E-state index < -0.39 is 6.10 Å². The van der Waals surface area contributed by atoms with Crippen molar-refractivity contribution in [3.63, 3.8) is 0 Å². The molecule has 0 bridgehead atoms. The van der Waals surface area contributed by atoms with Crippen LogP contribution >= 0.6 is 0 Å². The second kappa shape index (κ2) is 70.4. The summed E-state index contributed by atoms with van der Waals surface area (Å²) in [6, 6.07) is 0. The van der Waals surface area contributed by atoms with E-state index in [9.17, 15) is 14.4 Å². The van der Waals surface area contributed by atoms with E-state index in [0.717, 1.165) is 83.5 Å². The Morgan fingerprint density at radius 2 is 0.469 bits per heavy atom. The lowest BCUT2D eigenvalue weighted by Crippen LogP contribution is -2.30. The van der Waals surface area contributed by atoms with E-state index in [-0.39, 0.29) is 31.1 Å².